The topological polar surface area (TPSA) is 105 Å². The van der Waals surface area contributed by atoms with E-state index in [0.29, 0.717) is 0 Å². The number of carbonyl (C=O) groups is 2. The zero-order chi connectivity index (χ0) is 13.9. The molecule has 2 atom stereocenters. The summed E-state index contributed by atoms with van der Waals surface area (Å²) in [6, 6.07) is 0. The molecule has 3 N–H and O–H groups in total. The largest absolute Gasteiger partial charge is 0.477 e. The van der Waals surface area contributed by atoms with Crippen LogP contribution in [0.5, 0.6) is 0 Å². The Kier molecular flexibility index (Phi) is 4.44. The number of aliphatic hydroxyl groups is 1. The minimum Gasteiger partial charge on any atom is -0.477 e. The van der Waals surface area contributed by atoms with E-state index in [1.165, 1.54) is 6.92 Å². The average Bonchev–Trinajstić information content (AvgIpc) is 2.57. The Labute approximate surface area is 104 Å². The van der Waals surface area contributed by atoms with Crippen molar-refractivity contribution >= 4 is 11.9 Å². The summed E-state index contributed by atoms with van der Waals surface area (Å²) in [5, 5.41) is 20.8. The molecule has 7 heteroatoms. The average molecular weight is 259 g/mol. The number of nitrogens with one attached hydrogen (secondary N) is 1. The number of rotatable bonds is 4. The summed E-state index contributed by atoms with van der Waals surface area (Å²) >= 11 is 0. The van der Waals surface area contributed by atoms with Gasteiger partial charge in [0.1, 0.15) is 17.9 Å². The van der Waals surface area contributed by atoms with Crippen LogP contribution in [-0.2, 0) is 19.1 Å². The first-order valence-corrected chi connectivity index (χ1v) is 5.44. The van der Waals surface area contributed by atoms with Gasteiger partial charge in [0.15, 0.2) is 5.79 Å². The third-order valence-corrected chi connectivity index (χ3v) is 2.29. The second-order valence-electron chi connectivity index (χ2n) is 4.42. The van der Waals surface area contributed by atoms with E-state index in [2.05, 4.69) is 5.32 Å². The highest BCUT2D eigenvalue weighted by molar-refractivity contribution is 5.91. The molecular weight excluding hydrogens is 242 g/mol. The Morgan fingerprint density at radius 1 is 1.50 bits per heavy atom. The number of carboxylic acids is 1. The summed E-state index contributed by atoms with van der Waals surface area (Å²) in [5.74, 6) is -2.67. The van der Waals surface area contributed by atoms with Crippen LogP contribution in [0.25, 0.3) is 0 Å². The highest BCUT2D eigenvalue weighted by Crippen LogP contribution is 2.24. The molecule has 7 nitrogen and oxygen atoms in total. The van der Waals surface area contributed by atoms with Gasteiger partial charge < -0.3 is 25.0 Å². The van der Waals surface area contributed by atoms with E-state index in [1.54, 1.807) is 13.8 Å². The first-order valence-electron chi connectivity index (χ1n) is 5.44. The van der Waals surface area contributed by atoms with Gasteiger partial charge in [0.25, 0.3) is 0 Å². The molecule has 18 heavy (non-hydrogen) atoms. The van der Waals surface area contributed by atoms with E-state index >= 15 is 0 Å². The molecule has 1 amide bonds. The third kappa shape index (κ3) is 4.10. The monoisotopic (exact) mass is 259 g/mol. The van der Waals surface area contributed by atoms with Crippen molar-refractivity contribution in [2.75, 3.05) is 6.61 Å². The summed E-state index contributed by atoms with van der Waals surface area (Å²) in [4.78, 5) is 21.7. The van der Waals surface area contributed by atoms with Crippen molar-refractivity contribution < 1.29 is 29.3 Å². The van der Waals surface area contributed by atoms with Crippen molar-refractivity contribution in [3.8, 4) is 0 Å². The van der Waals surface area contributed by atoms with Crippen molar-refractivity contribution in [3.63, 3.8) is 0 Å². The number of carbonyl (C=O) groups excluding carboxylic acids is 1. The van der Waals surface area contributed by atoms with Crippen LogP contribution in [0.4, 0.5) is 0 Å². The van der Waals surface area contributed by atoms with E-state index in [-0.39, 0.29) is 12.3 Å². The predicted molar refractivity (Wildman–Crippen MR) is 60.4 cm³/mol. The van der Waals surface area contributed by atoms with Crippen molar-refractivity contribution in [1.82, 2.24) is 5.32 Å². The quantitative estimate of drug-likeness (QED) is 0.593. The molecule has 1 aliphatic rings. The number of amides is 1. The molecule has 1 fully saturated rings. The lowest BCUT2D eigenvalue weighted by Crippen LogP contribution is -2.32. The van der Waals surface area contributed by atoms with E-state index in [0.717, 1.165) is 6.08 Å². The molecule has 0 aromatic rings. The van der Waals surface area contributed by atoms with Crippen LogP contribution in [0.2, 0.25) is 0 Å². The van der Waals surface area contributed by atoms with Gasteiger partial charge in [0, 0.05) is 6.92 Å². The Morgan fingerprint density at radius 3 is 2.50 bits per heavy atom. The summed E-state index contributed by atoms with van der Waals surface area (Å²) in [6.45, 7) is 4.71. The third-order valence-electron chi connectivity index (χ3n) is 2.29. The lowest BCUT2D eigenvalue weighted by Gasteiger charge is -2.19. The van der Waals surface area contributed by atoms with E-state index in [4.69, 9.17) is 14.6 Å². The maximum absolute atomic E-state index is 10.8. The summed E-state index contributed by atoms with van der Waals surface area (Å²) in [7, 11) is 0. The van der Waals surface area contributed by atoms with Gasteiger partial charge in [-0.25, -0.2) is 4.79 Å². The minimum atomic E-state index is -1.33. The molecule has 1 rings (SSSR count). The Bertz CT molecular complexity index is 376. The van der Waals surface area contributed by atoms with Crippen molar-refractivity contribution in [2.45, 2.75) is 38.8 Å². The number of aliphatic carboxylic acids is 1. The van der Waals surface area contributed by atoms with E-state index < -0.39 is 29.9 Å². The minimum absolute atomic E-state index is 0.150. The molecule has 1 heterocycles. The fourth-order valence-electron chi connectivity index (χ4n) is 1.52. The first-order chi connectivity index (χ1) is 8.21. The van der Waals surface area contributed by atoms with Gasteiger partial charge in [-0.05, 0) is 19.9 Å². The normalized spacial score (nSPS) is 24.7. The van der Waals surface area contributed by atoms with Crippen LogP contribution in [0.15, 0.2) is 11.8 Å². The fraction of sp³-hybridized carbons (Fsp3) is 0.636. The van der Waals surface area contributed by atoms with Crippen molar-refractivity contribution in [3.05, 3.63) is 11.8 Å². The number of ether oxygens (including phenoxy) is 2. The van der Waals surface area contributed by atoms with Crippen LogP contribution in [0.3, 0.4) is 0 Å². The highest BCUT2D eigenvalue weighted by Gasteiger charge is 2.36. The molecule has 1 aliphatic heterocycles. The smallest absolute Gasteiger partial charge is 0.352 e. The number of aliphatic hydroxyl groups excluding tert-OH is 1. The zero-order valence-electron chi connectivity index (χ0n) is 10.5. The van der Waals surface area contributed by atoms with Gasteiger partial charge in [0.05, 0.1) is 6.61 Å². The first kappa shape index (κ1) is 14.6. The van der Waals surface area contributed by atoms with Gasteiger partial charge in [0.2, 0.25) is 5.91 Å². The molecular formula is C11H17NO6. The maximum Gasteiger partial charge on any atom is 0.352 e. The molecule has 0 bridgehead atoms. The van der Waals surface area contributed by atoms with Gasteiger partial charge in [-0.15, -0.1) is 0 Å². The summed E-state index contributed by atoms with van der Waals surface area (Å²) in [6.07, 6.45) is -0.813. The number of carboxylic acid groups (broad SMARTS) is 1. The lowest BCUT2D eigenvalue weighted by atomic mass is 10.2. The van der Waals surface area contributed by atoms with Crippen LogP contribution < -0.4 is 5.32 Å². The Morgan fingerprint density at radius 2 is 2.11 bits per heavy atom. The Balaban J connectivity index is 2.73. The van der Waals surface area contributed by atoms with E-state index in [9.17, 15) is 14.7 Å². The number of hydrogen-bond acceptors (Lipinski definition) is 5. The Hall–Kier alpha value is -1.44. The zero-order valence-corrected chi connectivity index (χ0v) is 10.5. The molecule has 0 radical (unpaired) electrons. The van der Waals surface area contributed by atoms with Crippen LogP contribution in [0, 0.1) is 0 Å². The standard InChI is InChI=1S/C11H17NO6/c1-6(13)12-7(10(15)16)4-8(14)9-5-17-11(2,3)18-9/h4,8-9,14H,5H2,1-3H3,(H,12,13)(H,15,16)/b7-4-/t8-,9-/m1/s1. The molecule has 0 aromatic heterocycles. The van der Waals surface area contributed by atoms with Gasteiger partial charge in [-0.3, -0.25) is 4.79 Å². The molecule has 0 spiro atoms. The van der Waals surface area contributed by atoms with Crippen molar-refractivity contribution in [1.29, 1.82) is 0 Å². The van der Waals surface area contributed by atoms with Gasteiger partial charge >= 0.3 is 5.97 Å². The molecule has 0 aromatic carbocycles. The molecule has 0 saturated carbocycles. The van der Waals surface area contributed by atoms with Crippen LogP contribution in [-0.4, -0.2) is 46.7 Å². The van der Waals surface area contributed by atoms with Gasteiger partial charge in [-0.1, -0.05) is 0 Å². The van der Waals surface area contributed by atoms with Crippen molar-refractivity contribution in [2.24, 2.45) is 0 Å². The molecule has 102 valence electrons. The maximum atomic E-state index is 10.8. The summed E-state index contributed by atoms with van der Waals surface area (Å²) in [5.41, 5.74) is -0.386. The molecule has 0 aliphatic carbocycles. The summed E-state index contributed by atoms with van der Waals surface area (Å²) < 4.78 is 10.6. The SMILES string of the molecule is CC(=O)N/C(=C\[C@@H](O)[C@H]1COC(C)(C)O1)C(=O)O. The fourth-order valence-corrected chi connectivity index (χ4v) is 1.52. The second-order valence-corrected chi connectivity index (χ2v) is 4.42. The van der Waals surface area contributed by atoms with Crippen LogP contribution >= 0.6 is 0 Å². The highest BCUT2D eigenvalue weighted by atomic mass is 16.7. The molecule has 1 saturated heterocycles. The van der Waals surface area contributed by atoms with Gasteiger partial charge in [-0.2, -0.15) is 0 Å². The second kappa shape index (κ2) is 5.47. The predicted octanol–water partition coefficient (Wildman–Crippen LogP) is -0.397. The lowest BCUT2D eigenvalue weighted by molar-refractivity contribution is -0.147. The van der Waals surface area contributed by atoms with E-state index in [1.807, 2.05) is 0 Å². The molecule has 0 unspecified atom stereocenters. The number of hydrogen-bond donors (Lipinski definition) is 3. The van der Waals surface area contributed by atoms with Crippen LogP contribution in [0.1, 0.15) is 20.8 Å².